The first kappa shape index (κ1) is 9.33. The fourth-order valence-corrected chi connectivity index (χ4v) is 2.22. The molecule has 3 rings (SSSR count). The Kier molecular flexibility index (Phi) is 1.93. The number of nitrogens with zero attached hydrogens (tertiary/aromatic N) is 3. The van der Waals surface area contributed by atoms with Crippen LogP contribution in [0.4, 0.5) is 0 Å². The molecular weight excluding hydrogens is 198 g/mol. The largest absolute Gasteiger partial charge is 0.298 e. The third-order valence-corrected chi connectivity index (χ3v) is 3.01. The highest BCUT2D eigenvalue weighted by Crippen LogP contribution is 2.21. The minimum Gasteiger partial charge on any atom is -0.298 e. The van der Waals surface area contributed by atoms with Gasteiger partial charge in [0.15, 0.2) is 5.65 Å². The van der Waals surface area contributed by atoms with Crippen molar-refractivity contribution in [2.75, 3.05) is 0 Å². The maximum absolute atomic E-state index is 4.52. The molecule has 0 amide bonds. The lowest BCUT2D eigenvalue weighted by Crippen LogP contribution is -1.93. The summed E-state index contributed by atoms with van der Waals surface area (Å²) in [5, 5.41) is 0. The summed E-state index contributed by atoms with van der Waals surface area (Å²) < 4.78 is 2.12. The maximum Gasteiger partial charge on any atom is 0.178 e. The lowest BCUT2D eigenvalue weighted by atomic mass is 10.1. The van der Waals surface area contributed by atoms with E-state index in [4.69, 9.17) is 0 Å². The first-order valence-corrected chi connectivity index (χ1v) is 5.52. The van der Waals surface area contributed by atoms with Gasteiger partial charge in [0.2, 0.25) is 0 Å². The number of aryl methyl sites for hydroxylation is 2. The number of imidazole rings is 1. The van der Waals surface area contributed by atoms with Crippen molar-refractivity contribution in [1.29, 1.82) is 0 Å². The Bertz CT molecular complexity index is 667. The zero-order valence-corrected chi connectivity index (χ0v) is 9.44. The Hall–Kier alpha value is -1.90. The van der Waals surface area contributed by atoms with Gasteiger partial charge in [0.1, 0.15) is 5.65 Å². The van der Waals surface area contributed by atoms with E-state index in [0.29, 0.717) is 0 Å². The molecule has 0 N–H and O–H groups in total. The molecule has 0 aliphatic carbocycles. The zero-order chi connectivity index (χ0) is 11.1. The molecule has 0 aliphatic rings. The lowest BCUT2D eigenvalue weighted by Gasteiger charge is -2.04. The minimum atomic E-state index is 0.841. The monoisotopic (exact) mass is 211 g/mol. The van der Waals surface area contributed by atoms with Gasteiger partial charge in [-0.2, -0.15) is 0 Å². The standard InChI is InChI=1S/C13H13N3/c1-3-10-9(2)8-14-13-12(10)16-7-5-4-6-11(16)15-13/h4-8H,3H2,1-2H3. The van der Waals surface area contributed by atoms with Crippen LogP contribution in [0.1, 0.15) is 18.1 Å². The zero-order valence-electron chi connectivity index (χ0n) is 9.44. The normalized spacial score (nSPS) is 11.4. The molecule has 0 saturated heterocycles. The van der Waals surface area contributed by atoms with Crippen LogP contribution in [0.3, 0.4) is 0 Å². The molecular formula is C13H13N3. The van der Waals surface area contributed by atoms with E-state index in [9.17, 15) is 0 Å². The predicted octanol–water partition coefficient (Wildman–Crippen LogP) is 2.75. The van der Waals surface area contributed by atoms with Gasteiger partial charge in [-0.1, -0.05) is 13.0 Å². The number of rotatable bonds is 1. The molecule has 0 unspecified atom stereocenters. The third kappa shape index (κ3) is 1.14. The van der Waals surface area contributed by atoms with Crippen LogP contribution in [-0.4, -0.2) is 14.4 Å². The highest BCUT2D eigenvalue weighted by molar-refractivity contribution is 5.81. The summed E-state index contributed by atoms with van der Waals surface area (Å²) in [5.41, 5.74) is 5.53. The predicted molar refractivity (Wildman–Crippen MR) is 64.6 cm³/mol. The Morgan fingerprint density at radius 3 is 3.00 bits per heavy atom. The second kappa shape index (κ2) is 3.30. The van der Waals surface area contributed by atoms with Gasteiger partial charge in [-0.3, -0.25) is 4.40 Å². The van der Waals surface area contributed by atoms with Gasteiger partial charge in [-0.15, -0.1) is 0 Å². The number of fused-ring (bicyclic) bond motifs is 3. The van der Waals surface area contributed by atoms with Crippen molar-refractivity contribution in [2.45, 2.75) is 20.3 Å². The smallest absolute Gasteiger partial charge is 0.178 e. The van der Waals surface area contributed by atoms with Gasteiger partial charge < -0.3 is 0 Å². The van der Waals surface area contributed by atoms with Crippen LogP contribution in [0.15, 0.2) is 30.6 Å². The van der Waals surface area contributed by atoms with Crippen molar-refractivity contribution in [3.63, 3.8) is 0 Å². The Balaban J connectivity index is 2.57. The van der Waals surface area contributed by atoms with Crippen LogP contribution >= 0.6 is 0 Å². The van der Waals surface area contributed by atoms with Gasteiger partial charge in [-0.25, -0.2) is 9.97 Å². The van der Waals surface area contributed by atoms with Crippen molar-refractivity contribution >= 4 is 16.8 Å². The summed E-state index contributed by atoms with van der Waals surface area (Å²) in [5.74, 6) is 0. The van der Waals surface area contributed by atoms with Crippen molar-refractivity contribution in [1.82, 2.24) is 14.4 Å². The van der Waals surface area contributed by atoms with Crippen LogP contribution in [0.25, 0.3) is 16.8 Å². The average molecular weight is 211 g/mol. The topological polar surface area (TPSA) is 30.2 Å². The molecule has 0 bridgehead atoms. The fraction of sp³-hybridized carbons (Fsp3) is 0.231. The molecule has 0 fully saturated rings. The molecule has 3 aromatic rings. The average Bonchev–Trinajstić information content (AvgIpc) is 2.68. The number of pyridine rings is 2. The lowest BCUT2D eigenvalue weighted by molar-refractivity contribution is 1.09. The molecule has 0 spiro atoms. The van der Waals surface area contributed by atoms with Gasteiger partial charge >= 0.3 is 0 Å². The van der Waals surface area contributed by atoms with Gasteiger partial charge in [0, 0.05) is 12.4 Å². The van der Waals surface area contributed by atoms with E-state index >= 15 is 0 Å². The molecule has 3 aromatic heterocycles. The highest BCUT2D eigenvalue weighted by Gasteiger charge is 2.10. The molecule has 0 aliphatic heterocycles. The van der Waals surface area contributed by atoms with Crippen molar-refractivity contribution < 1.29 is 0 Å². The molecule has 0 radical (unpaired) electrons. The van der Waals surface area contributed by atoms with Crippen molar-refractivity contribution in [3.05, 3.63) is 41.7 Å². The molecule has 16 heavy (non-hydrogen) atoms. The quantitative estimate of drug-likeness (QED) is 0.619. The molecule has 3 nitrogen and oxygen atoms in total. The van der Waals surface area contributed by atoms with Gasteiger partial charge in [0.25, 0.3) is 0 Å². The summed E-state index contributed by atoms with van der Waals surface area (Å²) >= 11 is 0. The van der Waals surface area contributed by atoms with E-state index in [1.54, 1.807) is 0 Å². The van der Waals surface area contributed by atoms with E-state index in [-0.39, 0.29) is 0 Å². The number of hydrogen-bond acceptors (Lipinski definition) is 2. The van der Waals surface area contributed by atoms with Crippen LogP contribution < -0.4 is 0 Å². The van der Waals surface area contributed by atoms with Crippen molar-refractivity contribution in [3.8, 4) is 0 Å². The van der Waals surface area contributed by atoms with E-state index in [1.807, 2.05) is 30.6 Å². The SMILES string of the molecule is CCc1c(C)cnc2nc3ccccn3c12. The van der Waals surface area contributed by atoms with Crippen LogP contribution in [0, 0.1) is 6.92 Å². The second-order valence-electron chi connectivity index (χ2n) is 3.99. The van der Waals surface area contributed by atoms with Crippen LogP contribution in [0.5, 0.6) is 0 Å². The highest BCUT2D eigenvalue weighted by atomic mass is 15.0. The Labute approximate surface area is 93.8 Å². The molecule has 0 atom stereocenters. The Morgan fingerprint density at radius 2 is 2.19 bits per heavy atom. The fourth-order valence-electron chi connectivity index (χ4n) is 2.22. The number of hydrogen-bond donors (Lipinski definition) is 0. The van der Waals surface area contributed by atoms with Gasteiger partial charge in [0.05, 0.1) is 5.52 Å². The summed E-state index contributed by atoms with van der Waals surface area (Å²) in [6.45, 7) is 4.28. The third-order valence-electron chi connectivity index (χ3n) is 3.01. The van der Waals surface area contributed by atoms with Crippen LogP contribution in [0.2, 0.25) is 0 Å². The molecule has 0 saturated carbocycles. The van der Waals surface area contributed by atoms with Gasteiger partial charge in [-0.05, 0) is 36.6 Å². The molecule has 3 heterocycles. The van der Waals surface area contributed by atoms with E-state index in [0.717, 1.165) is 23.2 Å². The number of aromatic nitrogens is 3. The van der Waals surface area contributed by atoms with E-state index in [1.165, 1.54) is 11.1 Å². The summed E-state index contributed by atoms with van der Waals surface area (Å²) in [6.07, 6.45) is 4.96. The summed E-state index contributed by atoms with van der Waals surface area (Å²) in [6, 6.07) is 6.03. The second-order valence-corrected chi connectivity index (χ2v) is 3.99. The molecule has 0 aromatic carbocycles. The van der Waals surface area contributed by atoms with Crippen LogP contribution in [-0.2, 0) is 6.42 Å². The van der Waals surface area contributed by atoms with Crippen molar-refractivity contribution in [2.24, 2.45) is 0 Å². The first-order valence-electron chi connectivity index (χ1n) is 5.52. The summed E-state index contributed by atoms with van der Waals surface area (Å²) in [4.78, 5) is 8.91. The van der Waals surface area contributed by atoms with E-state index < -0.39 is 0 Å². The molecule has 3 heteroatoms. The van der Waals surface area contributed by atoms with E-state index in [2.05, 4.69) is 28.2 Å². The molecule has 80 valence electrons. The first-order chi connectivity index (χ1) is 7.81. The summed E-state index contributed by atoms with van der Waals surface area (Å²) in [7, 11) is 0. The Morgan fingerprint density at radius 1 is 1.31 bits per heavy atom. The minimum absolute atomic E-state index is 0.841. The maximum atomic E-state index is 4.52.